The van der Waals surface area contributed by atoms with Crippen molar-refractivity contribution in [2.45, 2.75) is 39.2 Å². The SMILES string of the molecule is CCCN(CCNC(=O)C1CCCO1)C(C)=O. The fourth-order valence-electron chi connectivity index (χ4n) is 1.91. The molecule has 2 amide bonds. The molecule has 0 aromatic carbocycles. The second-order valence-corrected chi connectivity index (χ2v) is 4.30. The van der Waals surface area contributed by atoms with Crippen LogP contribution in [0.1, 0.15) is 33.1 Å². The summed E-state index contributed by atoms with van der Waals surface area (Å²) in [7, 11) is 0. The van der Waals surface area contributed by atoms with Crippen LogP contribution in [0.15, 0.2) is 0 Å². The summed E-state index contributed by atoms with van der Waals surface area (Å²) in [5.74, 6) is 0.000663. The van der Waals surface area contributed by atoms with E-state index >= 15 is 0 Å². The number of ether oxygens (including phenoxy) is 1. The van der Waals surface area contributed by atoms with Crippen LogP contribution in [0.3, 0.4) is 0 Å². The van der Waals surface area contributed by atoms with E-state index in [0.29, 0.717) is 19.7 Å². The van der Waals surface area contributed by atoms with E-state index in [0.717, 1.165) is 25.8 Å². The Labute approximate surface area is 102 Å². The number of rotatable bonds is 6. The molecule has 0 bridgehead atoms. The number of nitrogens with zero attached hydrogens (tertiary/aromatic N) is 1. The lowest BCUT2D eigenvalue weighted by Gasteiger charge is -2.20. The molecule has 1 saturated heterocycles. The molecule has 1 atom stereocenters. The van der Waals surface area contributed by atoms with Gasteiger partial charge < -0.3 is 15.0 Å². The zero-order chi connectivity index (χ0) is 12.7. The largest absolute Gasteiger partial charge is 0.368 e. The summed E-state index contributed by atoms with van der Waals surface area (Å²) in [4.78, 5) is 24.6. The van der Waals surface area contributed by atoms with Crippen molar-refractivity contribution in [3.8, 4) is 0 Å². The molecule has 1 heterocycles. The topological polar surface area (TPSA) is 58.6 Å². The monoisotopic (exact) mass is 242 g/mol. The van der Waals surface area contributed by atoms with E-state index in [1.165, 1.54) is 0 Å². The minimum atomic E-state index is -0.285. The molecule has 0 spiro atoms. The quantitative estimate of drug-likeness (QED) is 0.739. The lowest BCUT2D eigenvalue weighted by atomic mass is 10.2. The van der Waals surface area contributed by atoms with Gasteiger partial charge in [-0.3, -0.25) is 9.59 Å². The summed E-state index contributed by atoms with van der Waals surface area (Å²) >= 11 is 0. The molecule has 1 aliphatic rings. The Hall–Kier alpha value is -1.10. The summed E-state index contributed by atoms with van der Waals surface area (Å²) in [6, 6.07) is 0. The molecule has 1 fully saturated rings. The molecule has 17 heavy (non-hydrogen) atoms. The van der Waals surface area contributed by atoms with Crippen molar-refractivity contribution in [1.82, 2.24) is 10.2 Å². The number of nitrogens with one attached hydrogen (secondary N) is 1. The van der Waals surface area contributed by atoms with Gasteiger partial charge in [0.15, 0.2) is 0 Å². The molecular weight excluding hydrogens is 220 g/mol. The molecule has 98 valence electrons. The van der Waals surface area contributed by atoms with Gasteiger partial charge in [0, 0.05) is 33.2 Å². The highest BCUT2D eigenvalue weighted by Gasteiger charge is 2.23. The Morgan fingerprint density at radius 1 is 1.41 bits per heavy atom. The molecule has 1 N–H and O–H groups in total. The predicted molar refractivity (Wildman–Crippen MR) is 64.5 cm³/mol. The Morgan fingerprint density at radius 3 is 2.71 bits per heavy atom. The Kier molecular flexibility index (Phi) is 5.97. The Bertz CT molecular complexity index is 262. The van der Waals surface area contributed by atoms with Crippen molar-refractivity contribution >= 4 is 11.8 Å². The summed E-state index contributed by atoms with van der Waals surface area (Å²) in [5, 5.41) is 2.81. The lowest BCUT2D eigenvalue weighted by Crippen LogP contribution is -2.41. The van der Waals surface area contributed by atoms with Crippen LogP contribution in [0.25, 0.3) is 0 Å². The van der Waals surface area contributed by atoms with Gasteiger partial charge in [0.2, 0.25) is 11.8 Å². The molecule has 0 aliphatic carbocycles. The van der Waals surface area contributed by atoms with Gasteiger partial charge in [-0.25, -0.2) is 0 Å². The van der Waals surface area contributed by atoms with Crippen LogP contribution < -0.4 is 5.32 Å². The zero-order valence-corrected chi connectivity index (χ0v) is 10.7. The van der Waals surface area contributed by atoms with Crippen molar-refractivity contribution in [3.05, 3.63) is 0 Å². The molecule has 1 aliphatic heterocycles. The van der Waals surface area contributed by atoms with E-state index in [-0.39, 0.29) is 17.9 Å². The Balaban J connectivity index is 2.20. The molecule has 0 radical (unpaired) electrons. The molecule has 0 saturated carbocycles. The van der Waals surface area contributed by atoms with Crippen molar-refractivity contribution in [2.24, 2.45) is 0 Å². The summed E-state index contributed by atoms with van der Waals surface area (Å²) in [6.45, 7) is 6.07. The van der Waals surface area contributed by atoms with Crippen LogP contribution in [0, 0.1) is 0 Å². The molecule has 0 aromatic rings. The first-order valence-corrected chi connectivity index (χ1v) is 6.30. The highest BCUT2D eigenvalue weighted by atomic mass is 16.5. The minimum absolute atomic E-state index is 0.0532. The molecule has 5 nitrogen and oxygen atoms in total. The molecule has 5 heteroatoms. The van der Waals surface area contributed by atoms with E-state index in [2.05, 4.69) is 5.32 Å². The maximum atomic E-state index is 11.6. The Morgan fingerprint density at radius 2 is 2.18 bits per heavy atom. The first-order valence-electron chi connectivity index (χ1n) is 6.30. The van der Waals surface area contributed by atoms with E-state index in [1.54, 1.807) is 11.8 Å². The van der Waals surface area contributed by atoms with Gasteiger partial charge >= 0.3 is 0 Å². The van der Waals surface area contributed by atoms with Crippen LogP contribution >= 0.6 is 0 Å². The summed E-state index contributed by atoms with van der Waals surface area (Å²) < 4.78 is 5.27. The minimum Gasteiger partial charge on any atom is -0.368 e. The normalized spacial score (nSPS) is 19.1. The van der Waals surface area contributed by atoms with Crippen LogP contribution in [0.5, 0.6) is 0 Å². The average molecular weight is 242 g/mol. The van der Waals surface area contributed by atoms with Crippen molar-refractivity contribution in [2.75, 3.05) is 26.2 Å². The number of carbonyl (C=O) groups excluding carboxylic acids is 2. The number of carbonyl (C=O) groups is 2. The fraction of sp³-hybridized carbons (Fsp3) is 0.833. The summed E-state index contributed by atoms with van der Waals surface area (Å²) in [5.41, 5.74) is 0. The van der Waals surface area contributed by atoms with Crippen molar-refractivity contribution in [3.63, 3.8) is 0 Å². The predicted octanol–water partition coefficient (Wildman–Crippen LogP) is 0.540. The standard InChI is InChI=1S/C12H22N2O3/c1-3-7-14(10(2)15)8-6-13-12(16)11-5-4-9-17-11/h11H,3-9H2,1-2H3,(H,13,16). The van der Waals surface area contributed by atoms with Gasteiger partial charge in [0.1, 0.15) is 6.10 Å². The fourth-order valence-corrected chi connectivity index (χ4v) is 1.91. The van der Waals surface area contributed by atoms with Gasteiger partial charge in [-0.05, 0) is 19.3 Å². The number of amides is 2. The third-order valence-electron chi connectivity index (χ3n) is 2.84. The first-order chi connectivity index (χ1) is 8.15. The van der Waals surface area contributed by atoms with Crippen LogP contribution in [-0.4, -0.2) is 49.1 Å². The van der Waals surface area contributed by atoms with Crippen LogP contribution in [0.2, 0.25) is 0 Å². The van der Waals surface area contributed by atoms with Crippen molar-refractivity contribution in [1.29, 1.82) is 0 Å². The molecule has 0 aromatic heterocycles. The highest BCUT2D eigenvalue weighted by molar-refractivity contribution is 5.81. The maximum Gasteiger partial charge on any atom is 0.249 e. The van der Waals surface area contributed by atoms with Crippen LogP contribution in [0.4, 0.5) is 0 Å². The van der Waals surface area contributed by atoms with Crippen molar-refractivity contribution < 1.29 is 14.3 Å². The third-order valence-corrected chi connectivity index (χ3v) is 2.84. The second kappa shape index (κ2) is 7.27. The van der Waals surface area contributed by atoms with Gasteiger partial charge in [-0.2, -0.15) is 0 Å². The highest BCUT2D eigenvalue weighted by Crippen LogP contribution is 2.11. The average Bonchev–Trinajstić information content (AvgIpc) is 2.81. The molecular formula is C12H22N2O3. The van der Waals surface area contributed by atoms with Gasteiger partial charge in [-0.15, -0.1) is 0 Å². The zero-order valence-electron chi connectivity index (χ0n) is 10.7. The van der Waals surface area contributed by atoms with E-state index in [4.69, 9.17) is 4.74 Å². The van der Waals surface area contributed by atoms with Crippen LogP contribution in [-0.2, 0) is 14.3 Å². The van der Waals surface area contributed by atoms with E-state index in [1.807, 2.05) is 6.92 Å². The maximum absolute atomic E-state index is 11.6. The number of hydrogen-bond acceptors (Lipinski definition) is 3. The van der Waals surface area contributed by atoms with E-state index < -0.39 is 0 Å². The van der Waals surface area contributed by atoms with Gasteiger partial charge in [0.25, 0.3) is 0 Å². The number of hydrogen-bond donors (Lipinski definition) is 1. The molecule has 1 rings (SSSR count). The second-order valence-electron chi connectivity index (χ2n) is 4.30. The van der Waals surface area contributed by atoms with E-state index in [9.17, 15) is 9.59 Å². The first kappa shape index (κ1) is 14.0. The van der Waals surface area contributed by atoms with Gasteiger partial charge in [-0.1, -0.05) is 6.92 Å². The summed E-state index contributed by atoms with van der Waals surface area (Å²) in [6.07, 6.45) is 2.40. The lowest BCUT2D eigenvalue weighted by molar-refractivity contribution is -0.132. The molecule has 1 unspecified atom stereocenters. The van der Waals surface area contributed by atoms with Gasteiger partial charge in [0.05, 0.1) is 0 Å². The third kappa shape index (κ3) is 4.73. The smallest absolute Gasteiger partial charge is 0.249 e.